The van der Waals surface area contributed by atoms with E-state index in [1.807, 2.05) is 0 Å². The van der Waals surface area contributed by atoms with Crippen LogP contribution in [0, 0.1) is 0 Å². The quantitative estimate of drug-likeness (QED) is 0.502. The normalized spacial score (nSPS) is 28.4. The molecule has 0 radical (unpaired) electrons. The minimum Gasteiger partial charge on any atom is -0.377 e. The number of hydrogen-bond donors (Lipinski definition) is 2. The number of rotatable bonds is 8. The highest BCUT2D eigenvalue weighted by Crippen LogP contribution is 2.10. The van der Waals surface area contributed by atoms with Gasteiger partial charge in [-0.05, 0) is 25.7 Å². The molecule has 0 aromatic carbocycles. The van der Waals surface area contributed by atoms with Gasteiger partial charge in [0.15, 0.2) is 0 Å². The predicted molar refractivity (Wildman–Crippen MR) is 72.8 cm³/mol. The van der Waals surface area contributed by atoms with Gasteiger partial charge >= 0.3 is 0 Å². The van der Waals surface area contributed by atoms with Crippen molar-refractivity contribution in [3.63, 3.8) is 0 Å². The summed E-state index contributed by atoms with van der Waals surface area (Å²) in [6.45, 7) is 5.70. The lowest BCUT2D eigenvalue weighted by molar-refractivity contribution is 0.110. The maximum Gasteiger partial charge on any atom is 0.0700 e. The van der Waals surface area contributed by atoms with Crippen LogP contribution in [-0.2, 0) is 9.47 Å². The van der Waals surface area contributed by atoms with Gasteiger partial charge in [-0.15, -0.1) is 0 Å². The Hall–Kier alpha value is -0.420. The molecule has 0 aromatic rings. The van der Waals surface area contributed by atoms with Crippen molar-refractivity contribution in [2.24, 2.45) is 0 Å². The van der Waals surface area contributed by atoms with Crippen molar-refractivity contribution >= 4 is 0 Å². The molecule has 2 rings (SSSR count). The van der Waals surface area contributed by atoms with E-state index in [-0.39, 0.29) is 0 Å². The van der Waals surface area contributed by atoms with E-state index in [2.05, 4.69) is 22.8 Å². The fourth-order valence-electron chi connectivity index (χ4n) is 2.43. The van der Waals surface area contributed by atoms with Gasteiger partial charge in [0.2, 0.25) is 0 Å². The number of nitrogens with one attached hydrogen (secondary N) is 2. The highest BCUT2D eigenvalue weighted by molar-refractivity contribution is 4.86. The Labute approximate surface area is 110 Å². The van der Waals surface area contributed by atoms with E-state index >= 15 is 0 Å². The fraction of sp³-hybridized carbons (Fsp3) is 0.857. The lowest BCUT2D eigenvalue weighted by Crippen LogP contribution is -2.27. The van der Waals surface area contributed by atoms with Gasteiger partial charge in [0, 0.05) is 39.4 Å². The van der Waals surface area contributed by atoms with E-state index in [0.29, 0.717) is 12.2 Å². The second-order valence-corrected chi connectivity index (χ2v) is 5.06. The zero-order chi connectivity index (χ0) is 12.5. The first kappa shape index (κ1) is 14.0. The molecule has 0 spiro atoms. The van der Waals surface area contributed by atoms with Gasteiger partial charge < -0.3 is 20.1 Å². The van der Waals surface area contributed by atoms with Crippen LogP contribution in [0.3, 0.4) is 0 Å². The number of ether oxygens (including phenoxy) is 2. The Kier molecular flexibility index (Phi) is 6.72. The summed E-state index contributed by atoms with van der Waals surface area (Å²) in [7, 11) is 0. The van der Waals surface area contributed by atoms with Crippen molar-refractivity contribution in [3.05, 3.63) is 12.2 Å². The van der Waals surface area contributed by atoms with Gasteiger partial charge in [-0.1, -0.05) is 12.2 Å². The Bertz CT molecular complexity index is 210. The Morgan fingerprint density at radius 3 is 1.72 bits per heavy atom. The molecule has 0 saturated carbocycles. The average Bonchev–Trinajstić information content (AvgIpc) is 3.05. The molecule has 2 fully saturated rings. The third kappa shape index (κ3) is 5.48. The smallest absolute Gasteiger partial charge is 0.0700 e. The summed E-state index contributed by atoms with van der Waals surface area (Å²) in [4.78, 5) is 0. The highest BCUT2D eigenvalue weighted by Gasteiger charge is 2.14. The van der Waals surface area contributed by atoms with Crippen LogP contribution in [0.5, 0.6) is 0 Å². The van der Waals surface area contributed by atoms with Gasteiger partial charge in [0.05, 0.1) is 12.2 Å². The van der Waals surface area contributed by atoms with E-state index < -0.39 is 0 Å². The molecule has 18 heavy (non-hydrogen) atoms. The first-order valence-corrected chi connectivity index (χ1v) is 7.25. The van der Waals surface area contributed by atoms with Gasteiger partial charge in [0.1, 0.15) is 0 Å². The van der Waals surface area contributed by atoms with E-state index in [1.165, 1.54) is 25.7 Å². The fourth-order valence-corrected chi connectivity index (χ4v) is 2.43. The molecule has 2 saturated heterocycles. The molecule has 4 nitrogen and oxygen atoms in total. The lowest BCUT2D eigenvalue weighted by Gasteiger charge is -2.09. The molecule has 2 heterocycles. The van der Waals surface area contributed by atoms with Crippen molar-refractivity contribution in [2.75, 3.05) is 39.4 Å². The van der Waals surface area contributed by atoms with Crippen molar-refractivity contribution in [3.8, 4) is 0 Å². The summed E-state index contributed by atoms with van der Waals surface area (Å²) in [6.07, 6.45) is 10.1. The summed E-state index contributed by atoms with van der Waals surface area (Å²) in [6, 6.07) is 0. The van der Waals surface area contributed by atoms with E-state index in [4.69, 9.17) is 9.47 Å². The minimum absolute atomic E-state index is 0.441. The van der Waals surface area contributed by atoms with Crippen LogP contribution in [0.4, 0.5) is 0 Å². The molecule has 0 aliphatic carbocycles. The van der Waals surface area contributed by atoms with Crippen molar-refractivity contribution in [2.45, 2.75) is 37.9 Å². The standard InChI is InChI=1S/C14H26N2O2/c1(7-15-11-13-5-3-9-17-13)2-8-16-12-14-6-4-10-18-14/h1-2,13-16H,3-12H2. The van der Waals surface area contributed by atoms with Crippen molar-refractivity contribution in [1.82, 2.24) is 10.6 Å². The lowest BCUT2D eigenvalue weighted by atomic mass is 10.2. The molecule has 104 valence electrons. The van der Waals surface area contributed by atoms with Crippen LogP contribution >= 0.6 is 0 Å². The van der Waals surface area contributed by atoms with Crippen molar-refractivity contribution < 1.29 is 9.47 Å². The van der Waals surface area contributed by atoms with Gasteiger partial charge in [-0.2, -0.15) is 0 Å². The second-order valence-electron chi connectivity index (χ2n) is 5.06. The highest BCUT2D eigenvalue weighted by atomic mass is 16.5. The van der Waals surface area contributed by atoms with E-state index in [9.17, 15) is 0 Å². The Balaban J connectivity index is 1.38. The maximum absolute atomic E-state index is 5.54. The molecule has 0 amide bonds. The largest absolute Gasteiger partial charge is 0.377 e. The van der Waals surface area contributed by atoms with Crippen LogP contribution in [0.1, 0.15) is 25.7 Å². The summed E-state index contributed by atoms with van der Waals surface area (Å²) < 4.78 is 11.1. The molecule has 2 N–H and O–H groups in total. The van der Waals surface area contributed by atoms with Gasteiger partial charge in [0.25, 0.3) is 0 Å². The van der Waals surface area contributed by atoms with Crippen LogP contribution in [0.15, 0.2) is 12.2 Å². The SMILES string of the molecule is C(=CCNCC1CCCO1)CNCC1CCCO1. The number of hydrogen-bond acceptors (Lipinski definition) is 4. The van der Waals surface area contributed by atoms with Crippen LogP contribution in [0.2, 0.25) is 0 Å². The van der Waals surface area contributed by atoms with E-state index in [0.717, 1.165) is 39.4 Å². The molecular weight excluding hydrogens is 228 g/mol. The minimum atomic E-state index is 0.441. The molecule has 4 heteroatoms. The van der Waals surface area contributed by atoms with Gasteiger partial charge in [-0.3, -0.25) is 0 Å². The monoisotopic (exact) mass is 254 g/mol. The summed E-state index contributed by atoms with van der Waals surface area (Å²) in [5.41, 5.74) is 0. The van der Waals surface area contributed by atoms with Crippen LogP contribution < -0.4 is 10.6 Å². The molecule has 0 aromatic heterocycles. The topological polar surface area (TPSA) is 42.5 Å². The molecule has 2 atom stereocenters. The Morgan fingerprint density at radius 1 is 0.833 bits per heavy atom. The summed E-state index contributed by atoms with van der Waals surface area (Å²) >= 11 is 0. The molecule has 2 aliphatic rings. The van der Waals surface area contributed by atoms with E-state index in [1.54, 1.807) is 0 Å². The summed E-state index contributed by atoms with van der Waals surface area (Å²) in [5.74, 6) is 0. The first-order valence-electron chi connectivity index (χ1n) is 7.25. The van der Waals surface area contributed by atoms with Crippen molar-refractivity contribution in [1.29, 1.82) is 0 Å². The first-order chi connectivity index (χ1) is 8.95. The molecule has 2 aliphatic heterocycles. The maximum atomic E-state index is 5.54. The zero-order valence-corrected chi connectivity index (χ0v) is 11.2. The predicted octanol–water partition coefficient (Wildman–Crippen LogP) is 1.08. The zero-order valence-electron chi connectivity index (χ0n) is 11.2. The second kappa shape index (κ2) is 8.64. The molecular formula is C14H26N2O2. The van der Waals surface area contributed by atoms with Crippen LogP contribution in [0.25, 0.3) is 0 Å². The average molecular weight is 254 g/mol. The molecule has 2 unspecified atom stereocenters. The third-order valence-corrected chi connectivity index (χ3v) is 3.48. The Morgan fingerprint density at radius 2 is 1.33 bits per heavy atom. The van der Waals surface area contributed by atoms with Crippen LogP contribution in [-0.4, -0.2) is 51.6 Å². The summed E-state index contributed by atoms with van der Waals surface area (Å²) in [5, 5.41) is 6.79. The molecule has 0 bridgehead atoms. The van der Waals surface area contributed by atoms with Gasteiger partial charge in [-0.25, -0.2) is 0 Å². The third-order valence-electron chi connectivity index (χ3n) is 3.48.